The fourth-order valence-corrected chi connectivity index (χ4v) is 3.12. The second-order valence-electron chi connectivity index (χ2n) is 5.70. The van der Waals surface area contributed by atoms with Gasteiger partial charge in [-0.2, -0.15) is 13.2 Å². The highest BCUT2D eigenvalue weighted by Gasteiger charge is 2.44. The molecule has 0 saturated carbocycles. The van der Waals surface area contributed by atoms with E-state index >= 15 is 0 Å². The van der Waals surface area contributed by atoms with Gasteiger partial charge in [-0.25, -0.2) is 4.98 Å². The topological polar surface area (TPSA) is 39.1 Å². The Kier molecular flexibility index (Phi) is 3.29. The van der Waals surface area contributed by atoms with Crippen LogP contribution in [0.25, 0.3) is 0 Å². The highest BCUT2D eigenvalue weighted by Crippen LogP contribution is 2.39. The van der Waals surface area contributed by atoms with E-state index in [4.69, 9.17) is 4.74 Å². The van der Waals surface area contributed by atoms with E-state index in [1.54, 1.807) is 0 Å². The zero-order valence-corrected chi connectivity index (χ0v) is 11.4. The molecule has 0 unspecified atom stereocenters. The maximum Gasteiger partial charge on any atom is 0.449 e. The van der Waals surface area contributed by atoms with Crippen LogP contribution >= 0.6 is 0 Å². The van der Waals surface area contributed by atoms with Crippen LogP contribution in [0.5, 0.6) is 0 Å². The minimum atomic E-state index is -4.42. The molecule has 3 heterocycles. The highest BCUT2D eigenvalue weighted by atomic mass is 19.4. The first kappa shape index (κ1) is 13.9. The Bertz CT molecular complexity index is 504. The number of ether oxygens (including phenoxy) is 1. The number of aromatic nitrogens is 2. The van der Waals surface area contributed by atoms with Gasteiger partial charge < -0.3 is 14.6 Å². The van der Waals surface area contributed by atoms with Crippen molar-refractivity contribution in [1.82, 2.24) is 14.9 Å². The Morgan fingerprint density at radius 1 is 1.30 bits per heavy atom. The molecule has 0 radical (unpaired) electrons. The van der Waals surface area contributed by atoms with Crippen molar-refractivity contribution in [2.45, 2.75) is 44.4 Å². The average Bonchev–Trinajstić information content (AvgIpc) is 2.79. The molecule has 1 fully saturated rings. The molecule has 0 spiro atoms. The number of nitrogens with one attached hydrogen (secondary N) is 1. The van der Waals surface area contributed by atoms with Crippen molar-refractivity contribution in [3.05, 3.63) is 17.2 Å². The molecule has 1 saturated heterocycles. The SMILES string of the molecule is CC1(n2c(C(F)(F)F)nc3c2CCNC3)CCOCC1. The van der Waals surface area contributed by atoms with E-state index in [0.717, 1.165) is 5.69 Å². The van der Waals surface area contributed by atoms with Crippen LogP contribution < -0.4 is 5.32 Å². The number of halogens is 3. The summed E-state index contributed by atoms with van der Waals surface area (Å²) in [5.41, 5.74) is 0.720. The first-order valence-electron chi connectivity index (χ1n) is 6.88. The summed E-state index contributed by atoms with van der Waals surface area (Å²) in [5, 5.41) is 3.08. The summed E-state index contributed by atoms with van der Waals surface area (Å²) in [4.78, 5) is 3.88. The number of nitrogens with zero attached hydrogens (tertiary/aromatic N) is 2. The highest BCUT2D eigenvalue weighted by molar-refractivity contribution is 5.24. The summed E-state index contributed by atoms with van der Waals surface area (Å²) >= 11 is 0. The van der Waals surface area contributed by atoms with Crippen LogP contribution in [0.15, 0.2) is 0 Å². The molecule has 0 amide bonds. The number of rotatable bonds is 1. The van der Waals surface area contributed by atoms with Crippen molar-refractivity contribution < 1.29 is 17.9 Å². The summed E-state index contributed by atoms with van der Waals surface area (Å²) in [6.45, 7) is 3.99. The third-order valence-corrected chi connectivity index (χ3v) is 4.25. The van der Waals surface area contributed by atoms with Crippen molar-refractivity contribution in [3.63, 3.8) is 0 Å². The van der Waals surface area contributed by atoms with Crippen LogP contribution in [-0.2, 0) is 29.4 Å². The van der Waals surface area contributed by atoms with Gasteiger partial charge in [0.15, 0.2) is 0 Å². The molecule has 1 aromatic heterocycles. The molecule has 3 rings (SSSR count). The van der Waals surface area contributed by atoms with E-state index in [0.29, 0.717) is 51.3 Å². The van der Waals surface area contributed by atoms with Crippen LogP contribution in [0.1, 0.15) is 37.0 Å². The molecule has 2 aliphatic heterocycles. The lowest BCUT2D eigenvalue weighted by Crippen LogP contribution is -2.41. The Morgan fingerprint density at radius 2 is 2.00 bits per heavy atom. The predicted octanol–water partition coefficient (Wildman–Crippen LogP) is 2.07. The van der Waals surface area contributed by atoms with Crippen molar-refractivity contribution in [1.29, 1.82) is 0 Å². The Labute approximate surface area is 115 Å². The van der Waals surface area contributed by atoms with Crippen LogP contribution in [-0.4, -0.2) is 29.3 Å². The molecule has 7 heteroatoms. The fourth-order valence-electron chi connectivity index (χ4n) is 3.12. The molecule has 0 bridgehead atoms. The molecule has 1 aromatic rings. The van der Waals surface area contributed by atoms with Gasteiger partial charge in [0.25, 0.3) is 0 Å². The second-order valence-corrected chi connectivity index (χ2v) is 5.70. The zero-order chi connectivity index (χ0) is 14.4. The number of alkyl halides is 3. The van der Waals surface area contributed by atoms with Gasteiger partial charge in [-0.3, -0.25) is 0 Å². The number of hydrogen-bond acceptors (Lipinski definition) is 3. The summed E-state index contributed by atoms with van der Waals surface area (Å²) < 4.78 is 46.7. The van der Waals surface area contributed by atoms with Gasteiger partial charge in [0, 0.05) is 44.0 Å². The maximum atomic E-state index is 13.3. The summed E-state index contributed by atoms with van der Waals surface area (Å²) in [5.74, 6) is -0.754. The smallest absolute Gasteiger partial charge is 0.381 e. The van der Waals surface area contributed by atoms with Crippen molar-refractivity contribution in [3.8, 4) is 0 Å². The maximum absolute atomic E-state index is 13.3. The van der Waals surface area contributed by atoms with Gasteiger partial charge >= 0.3 is 6.18 Å². The van der Waals surface area contributed by atoms with Crippen LogP contribution in [0, 0.1) is 0 Å². The summed E-state index contributed by atoms with van der Waals surface area (Å²) in [6, 6.07) is 0. The molecule has 4 nitrogen and oxygen atoms in total. The molecule has 2 aliphatic rings. The quantitative estimate of drug-likeness (QED) is 0.860. The Morgan fingerprint density at radius 3 is 2.65 bits per heavy atom. The lowest BCUT2D eigenvalue weighted by Gasteiger charge is -2.38. The van der Waals surface area contributed by atoms with Crippen LogP contribution in [0.2, 0.25) is 0 Å². The van der Waals surface area contributed by atoms with Gasteiger partial charge in [0.05, 0.1) is 5.69 Å². The molecule has 112 valence electrons. The molecule has 0 atom stereocenters. The number of fused-ring (bicyclic) bond motifs is 1. The summed E-state index contributed by atoms with van der Waals surface area (Å²) in [7, 11) is 0. The molecule has 20 heavy (non-hydrogen) atoms. The minimum Gasteiger partial charge on any atom is -0.381 e. The molecule has 0 aliphatic carbocycles. The van der Waals surface area contributed by atoms with Crippen molar-refractivity contribution >= 4 is 0 Å². The third-order valence-electron chi connectivity index (χ3n) is 4.25. The van der Waals surface area contributed by atoms with Crippen molar-refractivity contribution in [2.24, 2.45) is 0 Å². The average molecular weight is 289 g/mol. The standard InChI is InChI=1S/C13H18F3N3O/c1-12(3-6-20-7-4-12)19-10-2-5-17-8-9(10)18-11(19)13(14,15)16/h17H,2-8H2,1H3. The Balaban J connectivity index is 2.13. The molecular weight excluding hydrogens is 271 g/mol. The van der Waals surface area contributed by atoms with Gasteiger partial charge in [-0.05, 0) is 19.8 Å². The monoisotopic (exact) mass is 289 g/mol. The van der Waals surface area contributed by atoms with E-state index in [1.807, 2.05) is 6.92 Å². The molecular formula is C13H18F3N3O. The Hall–Kier alpha value is -1.08. The lowest BCUT2D eigenvalue weighted by molar-refractivity contribution is -0.150. The summed E-state index contributed by atoms with van der Waals surface area (Å²) in [6.07, 6.45) is -2.65. The minimum absolute atomic E-state index is 0.415. The van der Waals surface area contributed by atoms with Gasteiger partial charge in [-0.15, -0.1) is 0 Å². The molecule has 0 aromatic carbocycles. The predicted molar refractivity (Wildman–Crippen MR) is 66.3 cm³/mol. The van der Waals surface area contributed by atoms with Gasteiger partial charge in [0.1, 0.15) is 0 Å². The zero-order valence-electron chi connectivity index (χ0n) is 11.4. The van der Waals surface area contributed by atoms with E-state index in [2.05, 4.69) is 10.3 Å². The van der Waals surface area contributed by atoms with Gasteiger partial charge in [-0.1, -0.05) is 0 Å². The van der Waals surface area contributed by atoms with Crippen molar-refractivity contribution in [2.75, 3.05) is 19.8 Å². The normalized spacial score (nSPS) is 22.6. The molecule has 1 N–H and O–H groups in total. The van der Waals surface area contributed by atoms with Crippen LogP contribution in [0.3, 0.4) is 0 Å². The van der Waals surface area contributed by atoms with E-state index in [-0.39, 0.29) is 0 Å². The number of hydrogen-bond donors (Lipinski definition) is 1. The number of imidazole rings is 1. The fraction of sp³-hybridized carbons (Fsp3) is 0.769. The van der Waals surface area contributed by atoms with E-state index in [1.165, 1.54) is 4.57 Å². The first-order valence-corrected chi connectivity index (χ1v) is 6.88. The first-order chi connectivity index (χ1) is 9.42. The third kappa shape index (κ3) is 2.22. The second kappa shape index (κ2) is 4.73. The van der Waals surface area contributed by atoms with Gasteiger partial charge in [0.2, 0.25) is 5.82 Å². The lowest BCUT2D eigenvalue weighted by atomic mass is 9.91. The largest absolute Gasteiger partial charge is 0.449 e. The van der Waals surface area contributed by atoms with E-state index in [9.17, 15) is 13.2 Å². The van der Waals surface area contributed by atoms with E-state index < -0.39 is 17.5 Å². The van der Waals surface area contributed by atoms with Crippen LogP contribution in [0.4, 0.5) is 13.2 Å².